The molecule has 0 amide bonds. The molecule has 0 fully saturated rings. The molecule has 2 N–H and O–H groups in total. The minimum Gasteiger partial charge on any atom is -0.497 e. The number of hydrogen-bond donors (Lipinski definition) is 2. The molecule has 7 heteroatoms. The Balaban J connectivity index is 1.55. The highest BCUT2D eigenvalue weighted by Gasteiger charge is 2.06. The van der Waals surface area contributed by atoms with E-state index in [1.165, 1.54) is 5.56 Å². The smallest absolute Gasteiger partial charge is 0.338 e. The van der Waals surface area contributed by atoms with Crippen LogP contribution < -0.4 is 15.4 Å². The molecule has 150 valence electrons. The second-order valence-corrected chi connectivity index (χ2v) is 6.22. The normalized spacial score (nSPS) is 10.3. The third-order valence-corrected chi connectivity index (χ3v) is 4.16. The molecule has 0 bridgehead atoms. The maximum Gasteiger partial charge on any atom is 0.338 e. The van der Waals surface area contributed by atoms with Crippen molar-refractivity contribution in [3.05, 3.63) is 71.9 Å². The Morgan fingerprint density at radius 3 is 2.69 bits per heavy atom. The van der Waals surface area contributed by atoms with E-state index in [1.54, 1.807) is 44.5 Å². The summed E-state index contributed by atoms with van der Waals surface area (Å²) >= 11 is 0. The number of benzene rings is 2. The van der Waals surface area contributed by atoms with Crippen molar-refractivity contribution in [3.63, 3.8) is 0 Å². The van der Waals surface area contributed by atoms with Gasteiger partial charge < -0.3 is 20.1 Å². The van der Waals surface area contributed by atoms with Crippen molar-refractivity contribution in [3.8, 4) is 5.75 Å². The zero-order chi connectivity index (χ0) is 20.5. The molecule has 0 atom stereocenters. The van der Waals surface area contributed by atoms with Crippen molar-refractivity contribution in [1.29, 1.82) is 0 Å². The number of nitrogens with zero attached hydrogens (tertiary/aromatic N) is 2. The molecule has 0 unspecified atom stereocenters. The molecule has 0 radical (unpaired) electrons. The minimum atomic E-state index is -0.336. The van der Waals surface area contributed by atoms with Gasteiger partial charge in [0.15, 0.2) is 0 Å². The van der Waals surface area contributed by atoms with Crippen LogP contribution in [0.5, 0.6) is 5.75 Å². The number of rotatable bonds is 9. The van der Waals surface area contributed by atoms with Crippen LogP contribution >= 0.6 is 0 Å². The Kier molecular flexibility index (Phi) is 7.00. The first-order valence-electron chi connectivity index (χ1n) is 9.42. The molecular formula is C22H24N4O3. The predicted octanol–water partition coefficient (Wildman–Crippen LogP) is 4.06. The van der Waals surface area contributed by atoms with Crippen LogP contribution in [0.3, 0.4) is 0 Å². The van der Waals surface area contributed by atoms with Gasteiger partial charge in [-0.1, -0.05) is 12.1 Å². The average molecular weight is 392 g/mol. The molecule has 29 heavy (non-hydrogen) atoms. The lowest BCUT2D eigenvalue weighted by Crippen LogP contribution is -2.08. The van der Waals surface area contributed by atoms with Gasteiger partial charge in [0, 0.05) is 18.4 Å². The summed E-state index contributed by atoms with van der Waals surface area (Å²) in [5.41, 5.74) is 2.48. The van der Waals surface area contributed by atoms with Crippen LogP contribution in [0.4, 0.5) is 17.5 Å². The van der Waals surface area contributed by atoms with Gasteiger partial charge in [-0.05, 0) is 61.4 Å². The summed E-state index contributed by atoms with van der Waals surface area (Å²) in [6.07, 6.45) is 2.54. The third-order valence-electron chi connectivity index (χ3n) is 4.16. The fourth-order valence-electron chi connectivity index (χ4n) is 2.71. The predicted molar refractivity (Wildman–Crippen MR) is 113 cm³/mol. The van der Waals surface area contributed by atoms with E-state index >= 15 is 0 Å². The van der Waals surface area contributed by atoms with E-state index < -0.39 is 0 Å². The van der Waals surface area contributed by atoms with Crippen LogP contribution in [0.1, 0.15) is 22.8 Å². The molecule has 0 saturated heterocycles. The highest BCUT2D eigenvalue weighted by Crippen LogP contribution is 2.16. The second kappa shape index (κ2) is 10.1. The number of aromatic nitrogens is 2. The van der Waals surface area contributed by atoms with Crippen molar-refractivity contribution in [2.75, 3.05) is 30.9 Å². The monoisotopic (exact) mass is 392 g/mol. The quantitative estimate of drug-likeness (QED) is 0.531. The molecule has 0 aliphatic heterocycles. The van der Waals surface area contributed by atoms with E-state index in [0.29, 0.717) is 18.1 Å². The average Bonchev–Trinajstić information content (AvgIpc) is 2.75. The molecular weight excluding hydrogens is 368 g/mol. The number of hydrogen-bond acceptors (Lipinski definition) is 7. The van der Waals surface area contributed by atoms with Crippen molar-refractivity contribution < 1.29 is 14.3 Å². The number of esters is 1. The molecule has 2 aromatic carbocycles. The van der Waals surface area contributed by atoms with Gasteiger partial charge in [-0.15, -0.1) is 0 Å². The van der Waals surface area contributed by atoms with Crippen molar-refractivity contribution in [2.45, 2.75) is 13.3 Å². The molecule has 3 aromatic rings. The number of carbonyl (C=O) groups excluding carboxylic acids is 1. The summed E-state index contributed by atoms with van der Waals surface area (Å²) in [6, 6.07) is 16.8. The highest BCUT2D eigenvalue weighted by atomic mass is 16.5. The van der Waals surface area contributed by atoms with Gasteiger partial charge in [-0.2, -0.15) is 4.98 Å². The maximum absolute atomic E-state index is 11.7. The molecule has 0 spiro atoms. The lowest BCUT2D eigenvalue weighted by molar-refractivity contribution is 0.0526. The van der Waals surface area contributed by atoms with Crippen LogP contribution in [0.25, 0.3) is 0 Å². The number of ether oxygens (including phenoxy) is 2. The first-order chi connectivity index (χ1) is 14.2. The lowest BCUT2D eigenvalue weighted by Gasteiger charge is -2.09. The third kappa shape index (κ3) is 5.93. The fourth-order valence-corrected chi connectivity index (χ4v) is 2.71. The van der Waals surface area contributed by atoms with E-state index in [2.05, 4.69) is 26.7 Å². The summed E-state index contributed by atoms with van der Waals surface area (Å²) < 4.78 is 10.2. The largest absolute Gasteiger partial charge is 0.497 e. The van der Waals surface area contributed by atoms with Crippen LogP contribution in [-0.2, 0) is 11.2 Å². The van der Waals surface area contributed by atoms with Crippen LogP contribution in [0.15, 0.2) is 60.8 Å². The Hall–Kier alpha value is -3.61. The minimum absolute atomic E-state index is 0.336. The van der Waals surface area contributed by atoms with Gasteiger partial charge in [0.05, 0.1) is 19.3 Å². The summed E-state index contributed by atoms with van der Waals surface area (Å²) in [4.78, 5) is 20.4. The summed E-state index contributed by atoms with van der Waals surface area (Å²) in [5.74, 6) is 1.72. The SMILES string of the molecule is CCOC(=O)c1ccc(Nc2nccc(NCCc3cccc(OC)c3)n2)cc1. The number of methoxy groups -OCH3 is 1. The van der Waals surface area contributed by atoms with E-state index in [4.69, 9.17) is 9.47 Å². The first kappa shape index (κ1) is 20.1. The summed E-state index contributed by atoms with van der Waals surface area (Å²) in [5, 5.41) is 6.44. The van der Waals surface area contributed by atoms with Gasteiger partial charge >= 0.3 is 5.97 Å². The van der Waals surface area contributed by atoms with Crippen LogP contribution in [0, 0.1) is 0 Å². The lowest BCUT2D eigenvalue weighted by atomic mass is 10.1. The van der Waals surface area contributed by atoms with Gasteiger partial charge in [-0.3, -0.25) is 0 Å². The van der Waals surface area contributed by atoms with Crippen molar-refractivity contribution in [2.24, 2.45) is 0 Å². The van der Waals surface area contributed by atoms with Crippen LogP contribution in [-0.4, -0.2) is 36.2 Å². The number of nitrogens with one attached hydrogen (secondary N) is 2. The van der Waals surface area contributed by atoms with E-state index in [-0.39, 0.29) is 5.97 Å². The summed E-state index contributed by atoms with van der Waals surface area (Å²) in [6.45, 7) is 2.87. The molecule has 1 aromatic heterocycles. The zero-order valence-corrected chi connectivity index (χ0v) is 16.5. The molecule has 7 nitrogen and oxygen atoms in total. The standard InChI is InChI=1S/C22H24N4O3/c1-3-29-21(27)17-7-9-18(10-8-17)25-22-24-14-12-20(26-22)23-13-11-16-5-4-6-19(15-16)28-2/h4-10,12,14-15H,3,11,13H2,1-2H3,(H2,23,24,25,26). The van der Waals surface area contributed by atoms with Gasteiger partial charge in [-0.25, -0.2) is 9.78 Å². The molecule has 3 rings (SSSR count). The Morgan fingerprint density at radius 1 is 1.10 bits per heavy atom. The molecule has 0 aliphatic rings. The highest BCUT2D eigenvalue weighted by molar-refractivity contribution is 5.89. The Labute approximate surface area is 170 Å². The zero-order valence-electron chi connectivity index (χ0n) is 16.5. The van der Waals surface area contributed by atoms with E-state index in [9.17, 15) is 4.79 Å². The van der Waals surface area contributed by atoms with Crippen LogP contribution in [0.2, 0.25) is 0 Å². The molecule has 0 saturated carbocycles. The first-order valence-corrected chi connectivity index (χ1v) is 9.42. The Bertz CT molecular complexity index is 945. The summed E-state index contributed by atoms with van der Waals surface area (Å²) in [7, 11) is 1.66. The topological polar surface area (TPSA) is 85.4 Å². The van der Waals surface area contributed by atoms with Gasteiger partial charge in [0.1, 0.15) is 11.6 Å². The second-order valence-electron chi connectivity index (χ2n) is 6.22. The number of carbonyl (C=O) groups is 1. The molecule has 1 heterocycles. The van der Waals surface area contributed by atoms with Gasteiger partial charge in [0.25, 0.3) is 0 Å². The molecule has 0 aliphatic carbocycles. The number of anilines is 3. The fraction of sp³-hybridized carbons (Fsp3) is 0.227. The maximum atomic E-state index is 11.7. The van der Waals surface area contributed by atoms with Crippen molar-refractivity contribution in [1.82, 2.24) is 9.97 Å². The van der Waals surface area contributed by atoms with E-state index in [0.717, 1.165) is 30.2 Å². The Morgan fingerprint density at radius 2 is 1.93 bits per heavy atom. The van der Waals surface area contributed by atoms with Crippen molar-refractivity contribution >= 4 is 23.4 Å². The van der Waals surface area contributed by atoms with Gasteiger partial charge in [0.2, 0.25) is 5.95 Å². The van der Waals surface area contributed by atoms with E-state index in [1.807, 2.05) is 24.3 Å².